The summed E-state index contributed by atoms with van der Waals surface area (Å²) in [6.07, 6.45) is 15.5. The van der Waals surface area contributed by atoms with Crippen molar-refractivity contribution in [1.82, 2.24) is 0 Å². The fourth-order valence-corrected chi connectivity index (χ4v) is 3.22. The number of carboxylic acid groups (broad SMARTS) is 1. The van der Waals surface area contributed by atoms with Crippen molar-refractivity contribution in [2.75, 3.05) is 26.2 Å². The van der Waals surface area contributed by atoms with Crippen molar-refractivity contribution < 1.29 is 14.4 Å². The maximum Gasteiger partial charge on any atom is 0.185 e. The van der Waals surface area contributed by atoms with Gasteiger partial charge in [0.05, 0.1) is 19.6 Å². The summed E-state index contributed by atoms with van der Waals surface area (Å²) in [6.45, 7) is 5.74. The van der Waals surface area contributed by atoms with Gasteiger partial charge in [-0.2, -0.15) is 0 Å². The topological polar surface area (TPSA) is 52.5 Å². The molecule has 0 radical (unpaired) electrons. The van der Waals surface area contributed by atoms with Gasteiger partial charge in [0.15, 0.2) is 6.34 Å². The second kappa shape index (κ2) is 11.6. The normalized spacial score (nSPS) is 20.6. The monoisotopic (exact) mass is 310 g/mol. The van der Waals surface area contributed by atoms with E-state index in [-0.39, 0.29) is 6.42 Å². The molecule has 0 aromatic carbocycles. The molecule has 128 valence electrons. The van der Waals surface area contributed by atoms with Crippen molar-refractivity contribution in [1.29, 1.82) is 0 Å². The highest BCUT2D eigenvalue weighted by atomic mass is 16.4. The van der Waals surface area contributed by atoms with E-state index in [4.69, 9.17) is 0 Å². The molecule has 1 atom stereocenters. The van der Waals surface area contributed by atoms with Crippen LogP contribution in [0.1, 0.15) is 77.6 Å². The van der Waals surface area contributed by atoms with Gasteiger partial charge in [-0.3, -0.25) is 4.48 Å². The van der Waals surface area contributed by atoms with E-state index in [1.54, 1.807) is 0 Å². The van der Waals surface area contributed by atoms with Gasteiger partial charge in [-0.1, -0.05) is 58.3 Å². The van der Waals surface area contributed by atoms with E-state index in [9.17, 15) is 9.90 Å². The first-order chi connectivity index (χ1) is 10.7. The molecule has 22 heavy (non-hydrogen) atoms. The van der Waals surface area contributed by atoms with Crippen LogP contribution in [0.4, 0.5) is 0 Å². The molecule has 1 rings (SSSR count). The van der Waals surface area contributed by atoms with Crippen LogP contribution < -0.4 is 5.11 Å². The number of aliphatic imine (C=N–C) groups is 1. The molecule has 0 spiro atoms. The largest absolute Gasteiger partial charge is 0.550 e. The highest BCUT2D eigenvalue weighted by Crippen LogP contribution is 2.15. The molecule has 1 aliphatic heterocycles. The molecular weight excluding hydrogens is 276 g/mol. The number of nitrogens with zero attached hydrogens (tertiary/aromatic N) is 2. The van der Waals surface area contributed by atoms with Crippen LogP contribution in [0.5, 0.6) is 0 Å². The SMILES string of the molecule is CCCCCCCCCCCC[N+]1(CCC(=O)[O-])C=NCC1. The second-order valence-electron chi connectivity index (χ2n) is 6.72. The minimum atomic E-state index is -0.944. The fourth-order valence-electron chi connectivity index (χ4n) is 3.22. The zero-order chi connectivity index (χ0) is 16.1. The minimum Gasteiger partial charge on any atom is -0.550 e. The molecule has 0 N–H and O–H groups in total. The number of carboxylic acids is 1. The van der Waals surface area contributed by atoms with Crippen LogP contribution in [-0.2, 0) is 4.79 Å². The Balaban J connectivity index is 2.02. The van der Waals surface area contributed by atoms with E-state index in [2.05, 4.69) is 11.9 Å². The molecule has 0 aliphatic carbocycles. The Morgan fingerprint density at radius 2 is 1.59 bits per heavy atom. The average molecular weight is 310 g/mol. The summed E-state index contributed by atoms with van der Waals surface area (Å²) >= 11 is 0. The van der Waals surface area contributed by atoms with Gasteiger partial charge in [0, 0.05) is 12.4 Å². The minimum absolute atomic E-state index is 0.143. The van der Waals surface area contributed by atoms with Crippen molar-refractivity contribution in [3.63, 3.8) is 0 Å². The summed E-state index contributed by atoms with van der Waals surface area (Å²) in [4.78, 5) is 15.0. The van der Waals surface area contributed by atoms with Gasteiger partial charge in [0.1, 0.15) is 6.54 Å². The summed E-state index contributed by atoms with van der Waals surface area (Å²) in [6, 6.07) is 0. The van der Waals surface area contributed by atoms with Gasteiger partial charge in [0.2, 0.25) is 0 Å². The molecule has 4 heteroatoms. The Labute approximate surface area is 136 Å². The van der Waals surface area contributed by atoms with Crippen LogP contribution in [0, 0.1) is 0 Å². The van der Waals surface area contributed by atoms with Crippen molar-refractivity contribution in [3.8, 4) is 0 Å². The number of carbonyl (C=O) groups is 1. The zero-order valence-corrected chi connectivity index (χ0v) is 14.4. The zero-order valence-electron chi connectivity index (χ0n) is 14.4. The number of hydrogen-bond acceptors (Lipinski definition) is 3. The molecule has 0 fully saturated rings. The highest BCUT2D eigenvalue weighted by Gasteiger charge is 2.28. The average Bonchev–Trinajstić information content (AvgIpc) is 2.96. The smallest absolute Gasteiger partial charge is 0.185 e. The third-order valence-corrected chi connectivity index (χ3v) is 4.72. The van der Waals surface area contributed by atoms with Crippen molar-refractivity contribution >= 4 is 12.3 Å². The Bertz CT molecular complexity index is 331. The lowest BCUT2D eigenvalue weighted by Gasteiger charge is -2.30. The molecule has 0 aromatic rings. The van der Waals surface area contributed by atoms with Gasteiger partial charge in [-0.15, -0.1) is 0 Å². The lowest BCUT2D eigenvalue weighted by molar-refractivity contribution is -0.828. The highest BCUT2D eigenvalue weighted by molar-refractivity contribution is 5.64. The maximum absolute atomic E-state index is 10.7. The molecule has 0 bridgehead atoms. The van der Waals surface area contributed by atoms with E-state index >= 15 is 0 Å². The Morgan fingerprint density at radius 1 is 1.00 bits per heavy atom. The maximum atomic E-state index is 10.7. The van der Waals surface area contributed by atoms with E-state index in [1.807, 2.05) is 6.34 Å². The first kappa shape index (κ1) is 19.1. The molecule has 1 unspecified atom stereocenters. The van der Waals surface area contributed by atoms with E-state index in [0.717, 1.165) is 24.1 Å². The Hall–Kier alpha value is -0.900. The standard InChI is InChI=1S/C18H34N2O2/c1-2-3-4-5-6-7-8-9-10-11-14-20(15-12-18(21)22)16-13-19-17-20/h17H,2-16H2,1H3. The number of unbranched alkanes of at least 4 members (excludes halogenated alkanes) is 9. The third kappa shape index (κ3) is 8.52. The first-order valence-electron chi connectivity index (χ1n) is 9.25. The molecule has 1 aliphatic rings. The summed E-state index contributed by atoms with van der Waals surface area (Å²) in [5.41, 5.74) is 0. The van der Waals surface area contributed by atoms with Crippen LogP contribution in [0.3, 0.4) is 0 Å². The fraction of sp³-hybridized carbons (Fsp3) is 0.889. The third-order valence-electron chi connectivity index (χ3n) is 4.72. The second-order valence-corrected chi connectivity index (χ2v) is 6.72. The van der Waals surface area contributed by atoms with Gasteiger partial charge in [-0.25, -0.2) is 4.99 Å². The summed E-state index contributed by atoms with van der Waals surface area (Å²) in [7, 11) is 0. The van der Waals surface area contributed by atoms with Crippen LogP contribution in [0.15, 0.2) is 4.99 Å². The van der Waals surface area contributed by atoms with Crippen LogP contribution >= 0.6 is 0 Å². The Morgan fingerprint density at radius 3 is 2.09 bits per heavy atom. The molecule has 0 amide bonds. The molecule has 0 saturated heterocycles. The number of aliphatic carboxylic acids is 1. The van der Waals surface area contributed by atoms with Crippen molar-refractivity contribution in [2.24, 2.45) is 4.99 Å². The lowest BCUT2D eigenvalue weighted by atomic mass is 10.1. The number of quaternary nitrogens is 1. The predicted molar refractivity (Wildman–Crippen MR) is 89.7 cm³/mol. The van der Waals surface area contributed by atoms with E-state index in [1.165, 1.54) is 64.2 Å². The molecule has 0 aromatic heterocycles. The molecule has 4 nitrogen and oxygen atoms in total. The predicted octanol–water partition coefficient (Wildman–Crippen LogP) is 2.91. The van der Waals surface area contributed by atoms with Crippen LogP contribution in [0.25, 0.3) is 0 Å². The van der Waals surface area contributed by atoms with Gasteiger partial charge < -0.3 is 9.90 Å². The van der Waals surface area contributed by atoms with E-state index in [0.29, 0.717) is 6.54 Å². The van der Waals surface area contributed by atoms with Gasteiger partial charge in [0.25, 0.3) is 0 Å². The molecular formula is C18H34N2O2. The quantitative estimate of drug-likeness (QED) is 0.366. The van der Waals surface area contributed by atoms with Crippen LogP contribution in [0.2, 0.25) is 0 Å². The van der Waals surface area contributed by atoms with Crippen molar-refractivity contribution in [3.05, 3.63) is 0 Å². The summed E-state index contributed by atoms with van der Waals surface area (Å²) < 4.78 is 0.755. The molecule has 1 heterocycles. The molecule has 0 saturated carbocycles. The lowest BCUT2D eigenvalue weighted by Crippen LogP contribution is -2.48. The number of carbonyl (C=O) groups excluding carboxylic acids is 1. The number of hydrogen-bond donors (Lipinski definition) is 0. The summed E-state index contributed by atoms with van der Waals surface area (Å²) in [5.74, 6) is -0.944. The number of rotatable bonds is 14. The first-order valence-corrected chi connectivity index (χ1v) is 9.25. The van der Waals surface area contributed by atoms with Crippen LogP contribution in [-0.4, -0.2) is 43.0 Å². The van der Waals surface area contributed by atoms with Gasteiger partial charge >= 0.3 is 0 Å². The van der Waals surface area contributed by atoms with Crippen molar-refractivity contribution in [2.45, 2.75) is 77.6 Å². The summed E-state index contributed by atoms with van der Waals surface area (Å²) in [5, 5.41) is 10.7. The van der Waals surface area contributed by atoms with Gasteiger partial charge in [-0.05, 0) is 12.8 Å². The Kier molecular flexibility index (Phi) is 10.1. The van der Waals surface area contributed by atoms with E-state index < -0.39 is 5.97 Å².